The molecular formula is C18H20N2S. The molecular weight excluding hydrogens is 276 g/mol. The Hall–Kier alpha value is -1.61. The highest BCUT2D eigenvalue weighted by molar-refractivity contribution is 7.80. The minimum atomic E-state index is 0.582. The number of nitrogens with one attached hydrogen (secondary N) is 2. The fraction of sp³-hybridized carbons (Fsp3) is 0.389. The van der Waals surface area contributed by atoms with Gasteiger partial charge in [0, 0.05) is 17.1 Å². The molecule has 2 aliphatic carbocycles. The van der Waals surface area contributed by atoms with E-state index in [1.807, 2.05) is 0 Å². The number of thiocarbonyl (C=S) groups is 1. The number of anilines is 1. The van der Waals surface area contributed by atoms with Crippen molar-refractivity contribution >= 4 is 33.8 Å². The first kappa shape index (κ1) is 13.1. The van der Waals surface area contributed by atoms with E-state index >= 15 is 0 Å². The molecule has 2 aliphatic rings. The molecule has 2 N–H and O–H groups in total. The monoisotopic (exact) mass is 296 g/mol. The summed E-state index contributed by atoms with van der Waals surface area (Å²) in [5, 5.41) is 10.2. The highest BCUT2D eigenvalue weighted by Crippen LogP contribution is 2.44. The molecule has 2 fully saturated rings. The van der Waals surface area contributed by atoms with E-state index in [1.165, 1.54) is 36.5 Å². The van der Waals surface area contributed by atoms with Crippen LogP contribution in [0.4, 0.5) is 5.69 Å². The maximum atomic E-state index is 5.53. The minimum absolute atomic E-state index is 0.582. The van der Waals surface area contributed by atoms with Crippen LogP contribution < -0.4 is 10.6 Å². The number of rotatable bonds is 2. The highest BCUT2D eigenvalue weighted by atomic mass is 32.1. The predicted molar refractivity (Wildman–Crippen MR) is 92.5 cm³/mol. The van der Waals surface area contributed by atoms with Crippen LogP contribution in [-0.2, 0) is 0 Å². The van der Waals surface area contributed by atoms with Gasteiger partial charge >= 0.3 is 0 Å². The quantitative estimate of drug-likeness (QED) is 0.807. The van der Waals surface area contributed by atoms with Crippen LogP contribution in [0.25, 0.3) is 10.8 Å². The summed E-state index contributed by atoms with van der Waals surface area (Å²) in [5.74, 6) is 1.77. The fourth-order valence-corrected chi connectivity index (χ4v) is 4.34. The average Bonchev–Trinajstić information content (AvgIpc) is 3.10. The topological polar surface area (TPSA) is 24.1 Å². The van der Waals surface area contributed by atoms with Crippen LogP contribution in [0.5, 0.6) is 0 Å². The van der Waals surface area contributed by atoms with Gasteiger partial charge in [-0.2, -0.15) is 0 Å². The molecule has 0 aliphatic heterocycles. The Labute approximate surface area is 130 Å². The Morgan fingerprint density at radius 1 is 1.00 bits per heavy atom. The highest BCUT2D eigenvalue weighted by Gasteiger charge is 2.39. The van der Waals surface area contributed by atoms with Crippen molar-refractivity contribution in [3.63, 3.8) is 0 Å². The summed E-state index contributed by atoms with van der Waals surface area (Å²) in [6.45, 7) is 0. The summed E-state index contributed by atoms with van der Waals surface area (Å²) >= 11 is 5.53. The lowest BCUT2D eigenvalue weighted by Gasteiger charge is -2.24. The van der Waals surface area contributed by atoms with E-state index in [0.717, 1.165) is 22.6 Å². The molecule has 0 amide bonds. The van der Waals surface area contributed by atoms with Crippen LogP contribution in [0.15, 0.2) is 42.5 Å². The normalized spacial score (nSPS) is 27.0. The molecule has 3 atom stereocenters. The van der Waals surface area contributed by atoms with Gasteiger partial charge in [-0.25, -0.2) is 0 Å². The van der Waals surface area contributed by atoms with Gasteiger partial charge in [-0.05, 0) is 54.8 Å². The number of hydrogen-bond donors (Lipinski definition) is 2. The maximum absolute atomic E-state index is 5.53. The second-order valence-electron chi connectivity index (χ2n) is 6.41. The van der Waals surface area contributed by atoms with Crippen molar-refractivity contribution in [1.82, 2.24) is 5.32 Å². The largest absolute Gasteiger partial charge is 0.359 e. The zero-order valence-corrected chi connectivity index (χ0v) is 12.8. The van der Waals surface area contributed by atoms with Crippen LogP contribution in [0.3, 0.4) is 0 Å². The zero-order chi connectivity index (χ0) is 14.2. The van der Waals surface area contributed by atoms with Crippen LogP contribution in [0, 0.1) is 11.8 Å². The molecule has 0 saturated heterocycles. The van der Waals surface area contributed by atoms with E-state index < -0.39 is 0 Å². The van der Waals surface area contributed by atoms with Gasteiger partial charge in [-0.1, -0.05) is 42.8 Å². The lowest BCUT2D eigenvalue weighted by molar-refractivity contribution is 0.392. The van der Waals surface area contributed by atoms with Gasteiger partial charge in [0.15, 0.2) is 5.11 Å². The lowest BCUT2D eigenvalue weighted by Crippen LogP contribution is -2.40. The summed E-state index contributed by atoms with van der Waals surface area (Å²) < 4.78 is 0. The molecule has 0 aromatic heterocycles. The van der Waals surface area contributed by atoms with Crippen LogP contribution in [0.1, 0.15) is 25.7 Å². The molecule has 0 unspecified atom stereocenters. The van der Waals surface area contributed by atoms with Gasteiger partial charge in [-0.3, -0.25) is 0 Å². The van der Waals surface area contributed by atoms with Crippen molar-refractivity contribution in [3.8, 4) is 0 Å². The van der Waals surface area contributed by atoms with Crippen molar-refractivity contribution in [2.24, 2.45) is 11.8 Å². The second kappa shape index (κ2) is 5.30. The third-order valence-electron chi connectivity index (χ3n) is 5.09. The lowest BCUT2D eigenvalue weighted by atomic mass is 9.95. The smallest absolute Gasteiger partial charge is 0.171 e. The van der Waals surface area contributed by atoms with Gasteiger partial charge in [0.25, 0.3) is 0 Å². The van der Waals surface area contributed by atoms with Crippen LogP contribution in [0.2, 0.25) is 0 Å². The van der Waals surface area contributed by atoms with Crippen LogP contribution in [-0.4, -0.2) is 11.2 Å². The summed E-state index contributed by atoms with van der Waals surface area (Å²) in [6, 6.07) is 15.3. The van der Waals surface area contributed by atoms with Gasteiger partial charge in [0.05, 0.1) is 0 Å². The van der Waals surface area contributed by atoms with E-state index in [0.29, 0.717) is 6.04 Å². The molecule has 0 radical (unpaired) electrons. The van der Waals surface area contributed by atoms with E-state index in [9.17, 15) is 0 Å². The van der Waals surface area contributed by atoms with Gasteiger partial charge in [0.2, 0.25) is 0 Å². The molecule has 2 aromatic rings. The Bertz CT molecular complexity index is 676. The van der Waals surface area contributed by atoms with Crippen molar-refractivity contribution in [1.29, 1.82) is 0 Å². The van der Waals surface area contributed by atoms with Gasteiger partial charge in [-0.15, -0.1) is 0 Å². The van der Waals surface area contributed by atoms with Gasteiger partial charge in [0.1, 0.15) is 0 Å². The average molecular weight is 296 g/mol. The molecule has 3 heteroatoms. The molecule has 2 aromatic carbocycles. The first-order valence-electron chi connectivity index (χ1n) is 7.85. The predicted octanol–water partition coefficient (Wildman–Crippen LogP) is 4.31. The minimum Gasteiger partial charge on any atom is -0.359 e. The Morgan fingerprint density at radius 2 is 1.86 bits per heavy atom. The number of benzene rings is 2. The maximum Gasteiger partial charge on any atom is 0.171 e. The SMILES string of the molecule is S=C(Nc1cccc2ccccc12)N[C@@H]1C[C@H]2CC[C@H]1C2. The molecule has 0 spiro atoms. The standard InChI is InChI=1S/C18H20N2S/c21-18(20-17-11-12-8-9-14(17)10-12)19-16-7-3-5-13-4-1-2-6-15(13)16/h1-7,12,14,17H,8-11H2,(H2,19,20,21)/t12-,14-,17+/m0/s1. The van der Waals surface area contributed by atoms with Crippen molar-refractivity contribution in [3.05, 3.63) is 42.5 Å². The first-order chi connectivity index (χ1) is 10.3. The van der Waals surface area contributed by atoms with E-state index in [-0.39, 0.29) is 0 Å². The zero-order valence-electron chi connectivity index (χ0n) is 12.0. The Kier molecular flexibility index (Phi) is 3.30. The molecule has 0 heterocycles. The van der Waals surface area contributed by atoms with Gasteiger partial charge < -0.3 is 10.6 Å². The summed E-state index contributed by atoms with van der Waals surface area (Å²) in [6.07, 6.45) is 5.49. The fourth-order valence-electron chi connectivity index (χ4n) is 4.08. The van der Waals surface area contributed by atoms with Crippen molar-refractivity contribution in [2.75, 3.05) is 5.32 Å². The molecule has 2 saturated carbocycles. The Balaban J connectivity index is 1.48. The Morgan fingerprint density at radius 3 is 2.67 bits per heavy atom. The van der Waals surface area contributed by atoms with Crippen molar-refractivity contribution < 1.29 is 0 Å². The number of hydrogen-bond acceptors (Lipinski definition) is 1. The second-order valence-corrected chi connectivity index (χ2v) is 6.81. The molecule has 2 nitrogen and oxygen atoms in total. The first-order valence-corrected chi connectivity index (χ1v) is 8.26. The molecule has 2 bridgehead atoms. The molecule has 21 heavy (non-hydrogen) atoms. The van der Waals surface area contributed by atoms with E-state index in [4.69, 9.17) is 12.2 Å². The third-order valence-corrected chi connectivity index (χ3v) is 5.31. The summed E-state index contributed by atoms with van der Waals surface area (Å²) in [4.78, 5) is 0. The molecule has 4 rings (SSSR count). The summed E-state index contributed by atoms with van der Waals surface area (Å²) in [5.41, 5.74) is 1.09. The van der Waals surface area contributed by atoms with E-state index in [2.05, 4.69) is 53.1 Å². The summed E-state index contributed by atoms with van der Waals surface area (Å²) in [7, 11) is 0. The number of fused-ring (bicyclic) bond motifs is 3. The van der Waals surface area contributed by atoms with E-state index in [1.54, 1.807) is 0 Å². The van der Waals surface area contributed by atoms with Crippen LogP contribution >= 0.6 is 12.2 Å². The van der Waals surface area contributed by atoms with Crippen molar-refractivity contribution in [2.45, 2.75) is 31.7 Å². The third kappa shape index (κ3) is 2.51. The molecule has 108 valence electrons.